The fourth-order valence-corrected chi connectivity index (χ4v) is 2.58. The molecule has 3 rings (SSSR count). The largest absolute Gasteiger partial charge is 0.446 e. The van der Waals surface area contributed by atoms with E-state index in [4.69, 9.17) is 4.74 Å². The zero-order chi connectivity index (χ0) is 14.9. The molecule has 0 radical (unpaired) electrons. The van der Waals surface area contributed by atoms with Gasteiger partial charge in [-0.15, -0.1) is 0 Å². The van der Waals surface area contributed by atoms with Crippen molar-refractivity contribution in [3.8, 4) is 0 Å². The average molecular weight is 290 g/mol. The minimum atomic E-state index is -1.60. The van der Waals surface area contributed by atoms with E-state index in [0.29, 0.717) is 11.3 Å². The van der Waals surface area contributed by atoms with Crippen LogP contribution >= 0.6 is 0 Å². The van der Waals surface area contributed by atoms with E-state index in [-0.39, 0.29) is 19.1 Å². The lowest BCUT2D eigenvalue weighted by Gasteiger charge is -2.25. The smallest absolute Gasteiger partial charge is 0.407 e. The molecule has 21 heavy (non-hydrogen) atoms. The SMILES string of the molecule is O=C(NCCC1(O)C(=O)Nc2ccccc21)OC1CCC1. The summed E-state index contributed by atoms with van der Waals surface area (Å²) in [7, 11) is 0. The number of carbonyl (C=O) groups is 2. The van der Waals surface area contributed by atoms with Crippen molar-refractivity contribution in [1.82, 2.24) is 5.32 Å². The summed E-state index contributed by atoms with van der Waals surface area (Å²) < 4.78 is 5.15. The van der Waals surface area contributed by atoms with Gasteiger partial charge >= 0.3 is 6.09 Å². The van der Waals surface area contributed by atoms with Gasteiger partial charge in [0, 0.05) is 24.2 Å². The first-order valence-corrected chi connectivity index (χ1v) is 7.17. The fourth-order valence-electron chi connectivity index (χ4n) is 2.58. The number of ether oxygens (including phenoxy) is 1. The van der Waals surface area contributed by atoms with Gasteiger partial charge in [-0.05, 0) is 25.3 Å². The number of benzene rings is 1. The fraction of sp³-hybridized carbons (Fsp3) is 0.467. The van der Waals surface area contributed by atoms with Crippen LogP contribution in [0.4, 0.5) is 10.5 Å². The van der Waals surface area contributed by atoms with Gasteiger partial charge in [-0.25, -0.2) is 4.79 Å². The number of anilines is 1. The van der Waals surface area contributed by atoms with Gasteiger partial charge in [0.05, 0.1) is 0 Å². The molecular formula is C15H18N2O4. The van der Waals surface area contributed by atoms with Crippen molar-refractivity contribution in [3.63, 3.8) is 0 Å². The molecule has 112 valence electrons. The number of rotatable bonds is 4. The summed E-state index contributed by atoms with van der Waals surface area (Å²) in [5, 5.41) is 15.8. The van der Waals surface area contributed by atoms with Crippen LogP contribution in [0.15, 0.2) is 24.3 Å². The van der Waals surface area contributed by atoms with Gasteiger partial charge in [-0.1, -0.05) is 18.2 Å². The lowest BCUT2D eigenvalue weighted by molar-refractivity contribution is -0.134. The van der Waals surface area contributed by atoms with Crippen LogP contribution in [0.25, 0.3) is 0 Å². The van der Waals surface area contributed by atoms with E-state index in [9.17, 15) is 14.7 Å². The van der Waals surface area contributed by atoms with Crippen LogP contribution in [0.1, 0.15) is 31.2 Å². The van der Waals surface area contributed by atoms with Gasteiger partial charge in [0.1, 0.15) is 6.10 Å². The number of nitrogens with one attached hydrogen (secondary N) is 2. The second-order valence-electron chi connectivity index (χ2n) is 5.49. The maximum atomic E-state index is 12.0. The maximum absolute atomic E-state index is 12.0. The van der Waals surface area contributed by atoms with Crippen LogP contribution in [-0.2, 0) is 15.1 Å². The predicted octanol–water partition coefficient (Wildman–Crippen LogP) is 1.50. The number of aliphatic hydroxyl groups is 1. The van der Waals surface area contributed by atoms with Crippen LogP contribution in [0.5, 0.6) is 0 Å². The van der Waals surface area contributed by atoms with Crippen LogP contribution in [0.2, 0.25) is 0 Å². The molecule has 1 heterocycles. The summed E-state index contributed by atoms with van der Waals surface area (Å²) in [6.45, 7) is 0.170. The van der Waals surface area contributed by atoms with Gasteiger partial charge in [0.2, 0.25) is 0 Å². The molecule has 2 amide bonds. The maximum Gasteiger partial charge on any atom is 0.407 e. The summed E-state index contributed by atoms with van der Waals surface area (Å²) in [6, 6.07) is 7.00. The minimum absolute atomic E-state index is 0.0172. The van der Waals surface area contributed by atoms with Crippen molar-refractivity contribution in [2.75, 3.05) is 11.9 Å². The first kappa shape index (κ1) is 13.9. The normalized spacial score (nSPS) is 24.0. The Bertz CT molecular complexity index is 571. The summed E-state index contributed by atoms with van der Waals surface area (Å²) in [5.41, 5.74) is -0.438. The molecule has 0 saturated heterocycles. The summed E-state index contributed by atoms with van der Waals surface area (Å²) in [4.78, 5) is 23.5. The Labute approximate surface area is 122 Å². The third kappa shape index (κ3) is 2.58. The monoisotopic (exact) mass is 290 g/mol. The molecule has 1 saturated carbocycles. The highest BCUT2D eigenvalue weighted by Crippen LogP contribution is 2.37. The number of para-hydroxylation sites is 1. The van der Waals surface area contributed by atoms with E-state index in [1.54, 1.807) is 24.3 Å². The van der Waals surface area contributed by atoms with Crippen LogP contribution < -0.4 is 10.6 Å². The van der Waals surface area contributed by atoms with Crippen molar-refractivity contribution in [2.45, 2.75) is 37.4 Å². The molecule has 0 spiro atoms. The van der Waals surface area contributed by atoms with Crippen LogP contribution in [-0.4, -0.2) is 29.8 Å². The third-order valence-electron chi connectivity index (χ3n) is 4.08. The van der Waals surface area contributed by atoms with E-state index in [0.717, 1.165) is 19.3 Å². The Morgan fingerprint density at radius 2 is 2.19 bits per heavy atom. The molecule has 1 unspecified atom stereocenters. The van der Waals surface area contributed by atoms with E-state index >= 15 is 0 Å². The molecule has 2 aliphatic rings. The van der Waals surface area contributed by atoms with Gasteiger partial charge in [0.25, 0.3) is 5.91 Å². The molecule has 0 aromatic heterocycles. The Balaban J connectivity index is 1.56. The second-order valence-corrected chi connectivity index (χ2v) is 5.49. The Kier molecular flexibility index (Phi) is 3.55. The van der Waals surface area contributed by atoms with Gasteiger partial charge < -0.3 is 20.5 Å². The Morgan fingerprint density at radius 1 is 1.43 bits per heavy atom. The number of alkyl carbamates (subject to hydrolysis) is 1. The molecular weight excluding hydrogens is 272 g/mol. The van der Waals surface area contributed by atoms with Crippen molar-refractivity contribution in [1.29, 1.82) is 0 Å². The number of fused-ring (bicyclic) bond motifs is 1. The molecule has 1 atom stereocenters. The topological polar surface area (TPSA) is 87.7 Å². The third-order valence-corrected chi connectivity index (χ3v) is 4.08. The quantitative estimate of drug-likeness (QED) is 0.784. The summed E-state index contributed by atoms with van der Waals surface area (Å²) in [6.07, 6.45) is 2.54. The van der Waals surface area contributed by atoms with Crippen molar-refractivity contribution >= 4 is 17.7 Å². The molecule has 1 aliphatic heterocycles. The van der Waals surface area contributed by atoms with Crippen molar-refractivity contribution in [3.05, 3.63) is 29.8 Å². The minimum Gasteiger partial charge on any atom is -0.446 e. The zero-order valence-electron chi connectivity index (χ0n) is 11.6. The highest BCUT2D eigenvalue weighted by atomic mass is 16.6. The highest BCUT2D eigenvalue weighted by Gasteiger charge is 2.44. The Morgan fingerprint density at radius 3 is 2.90 bits per heavy atom. The molecule has 0 bridgehead atoms. The molecule has 6 heteroatoms. The van der Waals surface area contributed by atoms with E-state index in [2.05, 4.69) is 10.6 Å². The van der Waals surface area contributed by atoms with Crippen molar-refractivity contribution < 1.29 is 19.4 Å². The number of amides is 2. The van der Waals surface area contributed by atoms with Gasteiger partial charge in [-0.3, -0.25) is 4.79 Å². The lowest BCUT2D eigenvalue weighted by Crippen LogP contribution is -2.39. The molecule has 1 aromatic carbocycles. The van der Waals surface area contributed by atoms with E-state index in [1.807, 2.05) is 0 Å². The summed E-state index contributed by atoms with van der Waals surface area (Å²) in [5.74, 6) is -0.460. The number of hydrogen-bond donors (Lipinski definition) is 3. The number of carbonyl (C=O) groups excluding carboxylic acids is 2. The predicted molar refractivity (Wildman–Crippen MR) is 75.7 cm³/mol. The van der Waals surface area contributed by atoms with E-state index in [1.165, 1.54) is 0 Å². The van der Waals surface area contributed by atoms with Gasteiger partial charge in [0.15, 0.2) is 5.60 Å². The lowest BCUT2D eigenvalue weighted by atomic mass is 9.92. The zero-order valence-corrected chi connectivity index (χ0v) is 11.6. The second kappa shape index (κ2) is 5.37. The summed E-state index contributed by atoms with van der Waals surface area (Å²) >= 11 is 0. The first-order chi connectivity index (χ1) is 10.1. The molecule has 1 aromatic rings. The Hall–Kier alpha value is -2.08. The van der Waals surface area contributed by atoms with Gasteiger partial charge in [-0.2, -0.15) is 0 Å². The first-order valence-electron chi connectivity index (χ1n) is 7.17. The molecule has 3 N–H and O–H groups in total. The highest BCUT2D eigenvalue weighted by molar-refractivity contribution is 6.04. The molecule has 6 nitrogen and oxygen atoms in total. The van der Waals surface area contributed by atoms with E-state index < -0.39 is 17.6 Å². The standard InChI is InChI=1S/C15H18N2O4/c18-13-15(20,11-6-1-2-7-12(11)17-13)8-9-16-14(19)21-10-4-3-5-10/h1-2,6-7,10,20H,3-5,8-9H2,(H,16,19)(H,17,18). The molecule has 1 aliphatic carbocycles. The van der Waals surface area contributed by atoms with Crippen LogP contribution in [0, 0.1) is 0 Å². The van der Waals surface area contributed by atoms with Crippen LogP contribution in [0.3, 0.4) is 0 Å². The number of hydrogen-bond acceptors (Lipinski definition) is 4. The molecule has 1 fully saturated rings. The average Bonchev–Trinajstić information content (AvgIpc) is 2.67. The van der Waals surface area contributed by atoms with Crippen molar-refractivity contribution in [2.24, 2.45) is 0 Å².